The molecule has 0 bridgehead atoms. The van der Waals surface area contributed by atoms with E-state index < -0.39 is 23.7 Å². The van der Waals surface area contributed by atoms with Gasteiger partial charge in [-0.1, -0.05) is 23.7 Å². The Morgan fingerprint density at radius 1 is 1.10 bits per heavy atom. The molecule has 1 unspecified atom stereocenters. The van der Waals surface area contributed by atoms with Crippen molar-refractivity contribution in [1.29, 1.82) is 0 Å². The summed E-state index contributed by atoms with van der Waals surface area (Å²) in [6.07, 6.45) is -0.655. The lowest BCUT2D eigenvalue weighted by Crippen LogP contribution is -2.39. The lowest BCUT2D eigenvalue weighted by atomic mass is 10.0. The predicted octanol–water partition coefficient (Wildman–Crippen LogP) is 5.21. The van der Waals surface area contributed by atoms with Crippen molar-refractivity contribution in [1.82, 2.24) is 19.9 Å². The van der Waals surface area contributed by atoms with Crippen molar-refractivity contribution < 1.29 is 17.6 Å². The van der Waals surface area contributed by atoms with Gasteiger partial charge in [0.1, 0.15) is 11.7 Å². The first-order valence-corrected chi connectivity index (χ1v) is 13.3. The summed E-state index contributed by atoms with van der Waals surface area (Å²) in [6.45, 7) is 2.39. The Hall–Kier alpha value is -3.25. The molecule has 214 valence electrons. The van der Waals surface area contributed by atoms with Crippen LogP contribution in [0.25, 0.3) is 28.0 Å². The molecule has 4 rings (SSSR count). The highest BCUT2D eigenvalue weighted by molar-refractivity contribution is 6.31. The van der Waals surface area contributed by atoms with Crippen molar-refractivity contribution in [2.45, 2.75) is 57.4 Å². The number of benzene rings is 2. The third-order valence-corrected chi connectivity index (χ3v) is 6.88. The van der Waals surface area contributed by atoms with Crippen LogP contribution in [0.15, 0.2) is 53.5 Å². The Labute approximate surface area is 233 Å². The molecule has 0 radical (unpaired) electrons. The van der Waals surface area contributed by atoms with E-state index in [-0.39, 0.29) is 29.6 Å². The van der Waals surface area contributed by atoms with E-state index >= 15 is 0 Å². The van der Waals surface area contributed by atoms with Crippen LogP contribution in [0.1, 0.15) is 37.3 Å². The van der Waals surface area contributed by atoms with E-state index in [1.165, 1.54) is 4.57 Å². The molecule has 4 aromatic rings. The number of aromatic nitrogens is 3. The second kappa shape index (κ2) is 12.5. The van der Waals surface area contributed by atoms with Gasteiger partial charge in [-0.05, 0) is 80.6 Å². The zero-order valence-corrected chi connectivity index (χ0v) is 22.6. The fraction of sp³-hybridized carbons (Fsp3) is 0.357. The van der Waals surface area contributed by atoms with Crippen LogP contribution < -0.4 is 22.5 Å². The van der Waals surface area contributed by atoms with Gasteiger partial charge in [0.15, 0.2) is 5.82 Å². The number of H-pyrrole nitrogens is 1. The summed E-state index contributed by atoms with van der Waals surface area (Å²) in [6, 6.07) is 10.2. The molecule has 2 aromatic carbocycles. The molecule has 0 fully saturated rings. The molecule has 0 aliphatic rings. The first-order valence-electron chi connectivity index (χ1n) is 12.9. The number of hydrogen-bond donors (Lipinski definition) is 4. The second-order valence-corrected chi connectivity index (χ2v) is 10.4. The largest absolute Gasteiger partial charge is 0.403 e. The predicted molar refractivity (Wildman–Crippen MR) is 149 cm³/mol. The third kappa shape index (κ3) is 7.28. The Morgan fingerprint density at radius 3 is 2.50 bits per heavy atom. The number of halogens is 5. The molecule has 2 aromatic heterocycles. The molecule has 0 aliphatic heterocycles. The normalized spacial score (nSPS) is 13.6. The van der Waals surface area contributed by atoms with Gasteiger partial charge in [0, 0.05) is 29.7 Å². The molecule has 40 heavy (non-hydrogen) atoms. The summed E-state index contributed by atoms with van der Waals surface area (Å²) in [4.78, 5) is 19.9. The highest BCUT2D eigenvalue weighted by atomic mass is 35.5. The van der Waals surface area contributed by atoms with E-state index in [2.05, 4.69) is 15.3 Å². The Morgan fingerprint density at radius 2 is 1.82 bits per heavy atom. The number of nitrogens with zero attached hydrogens (tertiary/aromatic N) is 2. The van der Waals surface area contributed by atoms with Gasteiger partial charge in [-0.3, -0.25) is 4.57 Å². The molecule has 0 aliphatic carbocycles. The van der Waals surface area contributed by atoms with Crippen LogP contribution in [-0.4, -0.2) is 39.3 Å². The number of nitrogens with one attached hydrogen (secondary N) is 2. The Bertz CT molecular complexity index is 1510. The highest BCUT2D eigenvalue weighted by Crippen LogP contribution is 2.31. The molecule has 0 spiro atoms. The fourth-order valence-electron chi connectivity index (χ4n) is 4.37. The molecular weight excluding hydrogens is 548 g/mol. The number of aromatic amines is 1. The maximum Gasteiger partial charge on any atom is 0.403 e. The molecule has 0 saturated heterocycles. The van der Waals surface area contributed by atoms with Crippen LogP contribution in [0.3, 0.4) is 0 Å². The number of alkyl halides is 3. The summed E-state index contributed by atoms with van der Waals surface area (Å²) in [5.74, 6) is -0.566. The number of rotatable bonds is 11. The molecule has 0 amide bonds. The fourth-order valence-corrected chi connectivity index (χ4v) is 4.61. The Kier molecular flexibility index (Phi) is 9.29. The smallest absolute Gasteiger partial charge is 0.339 e. The number of nitrogens with two attached hydrogens (primary N) is 2. The minimum Gasteiger partial charge on any atom is -0.339 e. The van der Waals surface area contributed by atoms with Gasteiger partial charge in [-0.2, -0.15) is 18.2 Å². The molecule has 0 saturated carbocycles. The average molecular weight is 579 g/mol. The third-order valence-electron chi connectivity index (χ3n) is 6.61. The van der Waals surface area contributed by atoms with Gasteiger partial charge in [0.05, 0.1) is 16.4 Å². The monoisotopic (exact) mass is 578 g/mol. The first kappa shape index (κ1) is 29.7. The van der Waals surface area contributed by atoms with Gasteiger partial charge in [0.25, 0.3) is 0 Å². The number of fused-ring (bicyclic) bond motifs is 1. The van der Waals surface area contributed by atoms with Crippen molar-refractivity contribution in [2.24, 2.45) is 11.5 Å². The zero-order valence-electron chi connectivity index (χ0n) is 21.9. The molecular formula is C28H31ClF4N6O. The van der Waals surface area contributed by atoms with Crippen molar-refractivity contribution in [3.05, 3.63) is 81.1 Å². The van der Waals surface area contributed by atoms with Gasteiger partial charge in [-0.15, -0.1) is 0 Å². The topological polar surface area (TPSA) is 115 Å². The number of aryl methyl sites for hydroxylation is 1. The van der Waals surface area contributed by atoms with Crippen molar-refractivity contribution in [3.63, 3.8) is 0 Å². The van der Waals surface area contributed by atoms with E-state index in [0.29, 0.717) is 35.4 Å². The van der Waals surface area contributed by atoms with Crippen molar-refractivity contribution in [2.75, 3.05) is 6.54 Å². The maximum absolute atomic E-state index is 15.0. The first-order chi connectivity index (χ1) is 18.9. The van der Waals surface area contributed by atoms with E-state index in [1.54, 1.807) is 48.7 Å². The minimum absolute atomic E-state index is 0.0114. The summed E-state index contributed by atoms with van der Waals surface area (Å²) in [7, 11) is 0. The van der Waals surface area contributed by atoms with E-state index in [0.717, 1.165) is 24.0 Å². The molecule has 7 nitrogen and oxygen atoms in total. The second-order valence-electron chi connectivity index (χ2n) is 9.97. The van der Waals surface area contributed by atoms with Gasteiger partial charge in [-0.25, -0.2) is 9.18 Å². The average Bonchev–Trinajstić information content (AvgIpc) is 3.30. The van der Waals surface area contributed by atoms with Crippen LogP contribution in [0, 0.1) is 5.82 Å². The lowest BCUT2D eigenvalue weighted by Gasteiger charge is -2.15. The van der Waals surface area contributed by atoms with Gasteiger partial charge >= 0.3 is 11.9 Å². The van der Waals surface area contributed by atoms with Crippen LogP contribution in [0.2, 0.25) is 5.02 Å². The quantitative estimate of drug-likeness (QED) is 0.144. The van der Waals surface area contributed by atoms with Crippen molar-refractivity contribution >= 4 is 22.6 Å². The minimum atomic E-state index is -4.42. The van der Waals surface area contributed by atoms with Crippen LogP contribution in [-0.2, 0) is 13.0 Å². The summed E-state index contributed by atoms with van der Waals surface area (Å²) in [5.41, 5.74) is 13.7. The standard InChI is InChI=1S/C28H31ClF4N6O/c1-16(34)3-2-4-18-11-21(25(30)22(29)12-18)23-13-19-15-39(27(40)38-26(19)37-23)20-7-5-17(6-8-20)14-36-10-9-24(35)28(31,32)33/h5-8,11-13,15-16,24,36H,2-4,9-10,14,34-35H2,1H3,(H,37,38,40)/t16-,24?/m0/s1. The Balaban J connectivity index is 1.51. The molecule has 12 heteroatoms. The molecule has 2 atom stereocenters. The summed E-state index contributed by atoms with van der Waals surface area (Å²) >= 11 is 6.19. The maximum atomic E-state index is 15.0. The molecule has 2 heterocycles. The number of hydrogen-bond acceptors (Lipinski definition) is 5. The van der Waals surface area contributed by atoms with E-state index in [1.807, 2.05) is 6.92 Å². The van der Waals surface area contributed by atoms with Crippen molar-refractivity contribution in [3.8, 4) is 16.9 Å². The zero-order chi connectivity index (χ0) is 29.0. The highest BCUT2D eigenvalue weighted by Gasteiger charge is 2.35. The van der Waals surface area contributed by atoms with E-state index in [9.17, 15) is 22.4 Å². The van der Waals surface area contributed by atoms with Gasteiger partial charge in [0.2, 0.25) is 0 Å². The summed E-state index contributed by atoms with van der Waals surface area (Å²) < 4.78 is 53.9. The van der Waals surface area contributed by atoms with E-state index in [4.69, 9.17) is 23.1 Å². The van der Waals surface area contributed by atoms with Crippen LogP contribution in [0.4, 0.5) is 17.6 Å². The molecule has 6 N–H and O–H groups in total. The lowest BCUT2D eigenvalue weighted by molar-refractivity contribution is -0.148. The SMILES string of the molecule is C[C@H](N)CCCc1cc(Cl)c(F)c(-c2cc3cn(-c4ccc(CNCCC(N)C(F)(F)F)cc4)c(=O)nc3[nH]2)c1. The van der Waals surface area contributed by atoms with Crippen LogP contribution >= 0.6 is 11.6 Å². The van der Waals surface area contributed by atoms with Crippen LogP contribution in [0.5, 0.6) is 0 Å². The summed E-state index contributed by atoms with van der Waals surface area (Å²) in [5, 5.41) is 3.54. The van der Waals surface area contributed by atoms with Gasteiger partial charge < -0.3 is 21.8 Å².